The van der Waals surface area contributed by atoms with Crippen molar-refractivity contribution in [2.45, 2.75) is 45.8 Å². The van der Waals surface area contributed by atoms with E-state index in [1.807, 2.05) is 36.4 Å². The van der Waals surface area contributed by atoms with Gasteiger partial charge in [-0.2, -0.15) is 0 Å². The van der Waals surface area contributed by atoms with Crippen LogP contribution in [-0.4, -0.2) is 13.2 Å². The van der Waals surface area contributed by atoms with Gasteiger partial charge in [0.05, 0.1) is 0 Å². The molecular formula is C28H32FNO2. The lowest BCUT2D eigenvalue weighted by atomic mass is 9.89. The van der Waals surface area contributed by atoms with Crippen molar-refractivity contribution in [3.8, 4) is 16.9 Å². The summed E-state index contributed by atoms with van der Waals surface area (Å²) in [6.45, 7) is 4.40. The van der Waals surface area contributed by atoms with Crippen LogP contribution in [0.3, 0.4) is 0 Å². The molecule has 1 fully saturated rings. The molecule has 0 amide bonds. The number of nitrogens with two attached hydrogens (primary N) is 1. The maximum absolute atomic E-state index is 15.1. The minimum Gasteiger partial charge on any atom is -0.489 e. The Morgan fingerprint density at radius 1 is 0.969 bits per heavy atom. The lowest BCUT2D eigenvalue weighted by Crippen LogP contribution is -2.17. The lowest BCUT2D eigenvalue weighted by Gasteiger charge is -2.22. The predicted octanol–water partition coefficient (Wildman–Crippen LogP) is 6.06. The fourth-order valence-electron chi connectivity index (χ4n) is 4.46. The molecule has 4 heteroatoms. The first-order valence-corrected chi connectivity index (χ1v) is 11.6. The van der Waals surface area contributed by atoms with E-state index in [0.29, 0.717) is 23.7 Å². The molecule has 3 nitrogen and oxygen atoms in total. The average molecular weight is 434 g/mol. The summed E-state index contributed by atoms with van der Waals surface area (Å²) in [6, 6.07) is 20.0. The molecule has 1 aliphatic heterocycles. The van der Waals surface area contributed by atoms with Gasteiger partial charge in [-0.05, 0) is 66.0 Å². The Balaban J connectivity index is 1.65. The topological polar surface area (TPSA) is 44.5 Å². The first kappa shape index (κ1) is 22.5. The van der Waals surface area contributed by atoms with Gasteiger partial charge < -0.3 is 15.2 Å². The molecule has 1 heterocycles. The molecule has 2 N–H and O–H groups in total. The normalized spacial score (nSPS) is 14.5. The van der Waals surface area contributed by atoms with E-state index in [1.54, 1.807) is 6.07 Å². The van der Waals surface area contributed by atoms with Crippen LogP contribution in [-0.2, 0) is 30.7 Å². The predicted molar refractivity (Wildman–Crippen MR) is 127 cm³/mol. The quantitative estimate of drug-likeness (QED) is 0.469. The minimum absolute atomic E-state index is 0.186. The van der Waals surface area contributed by atoms with Crippen molar-refractivity contribution < 1.29 is 13.9 Å². The zero-order chi connectivity index (χ0) is 22.3. The third kappa shape index (κ3) is 5.37. The van der Waals surface area contributed by atoms with Gasteiger partial charge in [0, 0.05) is 30.9 Å². The van der Waals surface area contributed by atoms with Gasteiger partial charge in [0.2, 0.25) is 0 Å². The molecule has 4 rings (SSSR count). The maximum atomic E-state index is 15.1. The maximum Gasteiger partial charge on any atom is 0.135 e. The van der Waals surface area contributed by atoms with Crippen molar-refractivity contribution in [1.82, 2.24) is 0 Å². The molecule has 0 unspecified atom stereocenters. The van der Waals surface area contributed by atoms with Crippen LogP contribution in [0.2, 0.25) is 0 Å². The third-order valence-corrected chi connectivity index (χ3v) is 6.28. The van der Waals surface area contributed by atoms with Crippen molar-refractivity contribution in [3.05, 3.63) is 88.7 Å². The third-order valence-electron chi connectivity index (χ3n) is 6.28. The van der Waals surface area contributed by atoms with Gasteiger partial charge in [0.15, 0.2) is 0 Å². The lowest BCUT2D eigenvalue weighted by molar-refractivity contribution is 0.0665. The molecule has 0 radical (unpaired) electrons. The first-order valence-electron chi connectivity index (χ1n) is 11.6. The summed E-state index contributed by atoms with van der Waals surface area (Å²) >= 11 is 0. The molecule has 0 aliphatic carbocycles. The first-order chi connectivity index (χ1) is 15.7. The summed E-state index contributed by atoms with van der Waals surface area (Å²) in [5, 5.41) is 0. The summed E-state index contributed by atoms with van der Waals surface area (Å²) in [6.07, 6.45) is 4.02. The monoisotopic (exact) mass is 433 g/mol. The molecule has 0 bridgehead atoms. The Morgan fingerprint density at radius 2 is 1.72 bits per heavy atom. The standard InChI is InChI=1S/C28H32FNO2/c1-2-23-6-3-4-9-27(23)32-19-22-15-21(14-20-10-12-31-13-11-20)16-25(17-22)26-8-5-7-24(18-30)28(26)29/h3-9,15-17,20H,2,10-14,18-19,30H2,1H3. The van der Waals surface area contributed by atoms with Crippen LogP contribution in [0.4, 0.5) is 4.39 Å². The van der Waals surface area contributed by atoms with Crippen LogP contribution in [0.25, 0.3) is 11.1 Å². The van der Waals surface area contributed by atoms with Gasteiger partial charge in [-0.1, -0.05) is 55.5 Å². The highest BCUT2D eigenvalue weighted by Gasteiger charge is 2.17. The van der Waals surface area contributed by atoms with Gasteiger partial charge in [-0.15, -0.1) is 0 Å². The van der Waals surface area contributed by atoms with E-state index in [1.165, 1.54) is 11.1 Å². The minimum atomic E-state index is -0.235. The summed E-state index contributed by atoms with van der Waals surface area (Å²) in [4.78, 5) is 0. The van der Waals surface area contributed by atoms with E-state index in [0.717, 1.165) is 55.8 Å². The number of ether oxygens (including phenoxy) is 2. The summed E-state index contributed by atoms with van der Waals surface area (Å²) in [7, 11) is 0. The van der Waals surface area contributed by atoms with E-state index in [-0.39, 0.29) is 12.4 Å². The highest BCUT2D eigenvalue weighted by molar-refractivity contribution is 5.67. The van der Waals surface area contributed by atoms with Crippen molar-refractivity contribution >= 4 is 0 Å². The van der Waals surface area contributed by atoms with Gasteiger partial charge in [-0.25, -0.2) is 4.39 Å². The number of aryl methyl sites for hydroxylation is 1. The average Bonchev–Trinajstić information content (AvgIpc) is 2.83. The summed E-state index contributed by atoms with van der Waals surface area (Å²) < 4.78 is 26.8. The van der Waals surface area contributed by atoms with Crippen LogP contribution in [0.5, 0.6) is 5.75 Å². The van der Waals surface area contributed by atoms with Crippen molar-refractivity contribution in [2.75, 3.05) is 13.2 Å². The highest BCUT2D eigenvalue weighted by atomic mass is 19.1. The van der Waals surface area contributed by atoms with Crippen LogP contribution < -0.4 is 10.5 Å². The van der Waals surface area contributed by atoms with Gasteiger partial charge in [0.1, 0.15) is 18.2 Å². The zero-order valence-corrected chi connectivity index (χ0v) is 18.8. The van der Waals surface area contributed by atoms with Crippen molar-refractivity contribution in [1.29, 1.82) is 0 Å². The van der Waals surface area contributed by atoms with E-state index >= 15 is 4.39 Å². The Labute approximate surface area is 190 Å². The molecule has 168 valence electrons. The molecule has 0 aromatic heterocycles. The number of benzene rings is 3. The van der Waals surface area contributed by atoms with E-state index in [9.17, 15) is 0 Å². The van der Waals surface area contributed by atoms with Crippen LogP contribution in [0.1, 0.15) is 42.0 Å². The van der Waals surface area contributed by atoms with E-state index in [2.05, 4.69) is 25.1 Å². The van der Waals surface area contributed by atoms with Gasteiger partial charge in [0.25, 0.3) is 0 Å². The summed E-state index contributed by atoms with van der Waals surface area (Å²) in [5.41, 5.74) is 11.2. The van der Waals surface area contributed by atoms with Crippen LogP contribution in [0.15, 0.2) is 60.7 Å². The van der Waals surface area contributed by atoms with Gasteiger partial charge in [-0.3, -0.25) is 0 Å². The van der Waals surface area contributed by atoms with Crippen LogP contribution in [0, 0.1) is 11.7 Å². The molecule has 3 aromatic rings. The largest absolute Gasteiger partial charge is 0.489 e. The Morgan fingerprint density at radius 3 is 2.50 bits per heavy atom. The Hall–Kier alpha value is -2.69. The molecule has 1 aliphatic rings. The highest BCUT2D eigenvalue weighted by Crippen LogP contribution is 2.30. The van der Waals surface area contributed by atoms with E-state index in [4.69, 9.17) is 15.2 Å². The van der Waals surface area contributed by atoms with Crippen molar-refractivity contribution in [3.63, 3.8) is 0 Å². The number of rotatable bonds is 8. The number of halogens is 1. The fourth-order valence-corrected chi connectivity index (χ4v) is 4.46. The molecule has 1 saturated heterocycles. The second kappa shape index (κ2) is 10.8. The number of hydrogen-bond donors (Lipinski definition) is 1. The fraction of sp³-hybridized carbons (Fsp3) is 0.357. The molecule has 32 heavy (non-hydrogen) atoms. The Kier molecular flexibility index (Phi) is 7.56. The number of hydrogen-bond acceptors (Lipinski definition) is 3. The van der Waals surface area contributed by atoms with Gasteiger partial charge >= 0.3 is 0 Å². The molecule has 0 spiro atoms. The molecule has 0 atom stereocenters. The Bertz CT molecular complexity index is 1040. The second-order valence-corrected chi connectivity index (χ2v) is 8.53. The zero-order valence-electron chi connectivity index (χ0n) is 18.8. The van der Waals surface area contributed by atoms with E-state index < -0.39 is 0 Å². The van der Waals surface area contributed by atoms with Crippen molar-refractivity contribution in [2.24, 2.45) is 11.7 Å². The van der Waals surface area contributed by atoms with Crippen LogP contribution >= 0.6 is 0 Å². The molecule has 3 aromatic carbocycles. The summed E-state index contributed by atoms with van der Waals surface area (Å²) in [5.74, 6) is 1.26. The molecular weight excluding hydrogens is 401 g/mol. The number of para-hydroxylation sites is 1. The second-order valence-electron chi connectivity index (χ2n) is 8.53. The molecule has 0 saturated carbocycles. The SMILES string of the molecule is CCc1ccccc1OCc1cc(CC2CCOCC2)cc(-c2cccc(CN)c2F)c1. The smallest absolute Gasteiger partial charge is 0.135 e.